The molecule has 0 amide bonds. The van der Waals surface area contributed by atoms with E-state index in [1.165, 1.54) is 30.4 Å². The standard InChI is InChI=1S/C12H19NO.C12H11N.C7H9NO/c1-2-3-4-5-10-14-12-8-6-11(13)7-9-12;13-12-8-6-11(7-9-12)10-4-2-1-3-5-10;1-9-7-4-2-6(8)3-5-7/h6-9H,2-5,10,13H2,1H3;1-9H,13H2;2-5H,8H2,1H3. The molecule has 190 valence electrons. The van der Waals surface area contributed by atoms with Crippen molar-refractivity contribution < 1.29 is 9.47 Å². The van der Waals surface area contributed by atoms with Crippen LogP contribution in [0, 0.1) is 0 Å². The molecule has 0 saturated carbocycles. The number of nitrogens with two attached hydrogens (primary N) is 3. The van der Waals surface area contributed by atoms with E-state index in [4.69, 9.17) is 26.7 Å². The van der Waals surface area contributed by atoms with Crippen molar-refractivity contribution in [2.45, 2.75) is 32.6 Å². The Morgan fingerprint density at radius 2 is 1.00 bits per heavy atom. The van der Waals surface area contributed by atoms with Crippen molar-refractivity contribution in [3.8, 4) is 22.6 Å². The van der Waals surface area contributed by atoms with Gasteiger partial charge in [0, 0.05) is 17.1 Å². The highest BCUT2D eigenvalue weighted by Gasteiger charge is 1.95. The van der Waals surface area contributed by atoms with Crippen LogP contribution in [0.15, 0.2) is 103 Å². The lowest BCUT2D eigenvalue weighted by Crippen LogP contribution is -1.97. The molecule has 0 atom stereocenters. The first-order valence-corrected chi connectivity index (χ1v) is 12.3. The van der Waals surface area contributed by atoms with Crippen LogP contribution in [0.1, 0.15) is 32.6 Å². The third-order valence-corrected chi connectivity index (χ3v) is 5.28. The van der Waals surface area contributed by atoms with Crippen molar-refractivity contribution in [2.24, 2.45) is 0 Å². The van der Waals surface area contributed by atoms with Gasteiger partial charge in [0.1, 0.15) is 11.5 Å². The number of anilines is 3. The summed E-state index contributed by atoms with van der Waals surface area (Å²) in [6, 6.07) is 33.0. The van der Waals surface area contributed by atoms with E-state index in [9.17, 15) is 0 Å². The first-order chi connectivity index (χ1) is 17.5. The van der Waals surface area contributed by atoms with E-state index < -0.39 is 0 Å². The van der Waals surface area contributed by atoms with Crippen LogP contribution in [0.4, 0.5) is 17.1 Å². The molecule has 4 aromatic rings. The summed E-state index contributed by atoms with van der Waals surface area (Å²) in [4.78, 5) is 0. The molecular weight excluding hydrogens is 446 g/mol. The molecule has 0 aromatic heterocycles. The van der Waals surface area contributed by atoms with Crippen LogP contribution in [0.2, 0.25) is 0 Å². The Balaban J connectivity index is 0.000000195. The maximum atomic E-state index is 5.60. The van der Waals surface area contributed by atoms with E-state index in [1.54, 1.807) is 19.2 Å². The highest BCUT2D eigenvalue weighted by Crippen LogP contribution is 2.19. The number of rotatable bonds is 8. The smallest absolute Gasteiger partial charge is 0.119 e. The predicted molar refractivity (Wildman–Crippen MR) is 154 cm³/mol. The molecule has 0 fully saturated rings. The molecule has 5 heteroatoms. The Hall–Kier alpha value is -4.12. The van der Waals surface area contributed by atoms with Crippen LogP contribution in [-0.2, 0) is 0 Å². The molecular formula is C31H39N3O2. The highest BCUT2D eigenvalue weighted by molar-refractivity contribution is 5.65. The van der Waals surface area contributed by atoms with Crippen LogP contribution >= 0.6 is 0 Å². The lowest BCUT2D eigenvalue weighted by Gasteiger charge is -2.05. The summed E-state index contributed by atoms with van der Waals surface area (Å²) in [6.45, 7) is 3.02. The minimum absolute atomic E-state index is 0.760. The topological polar surface area (TPSA) is 96.5 Å². The van der Waals surface area contributed by atoms with Gasteiger partial charge in [-0.1, -0.05) is 68.7 Å². The summed E-state index contributed by atoms with van der Waals surface area (Å²) in [5, 5.41) is 0. The Morgan fingerprint density at radius 1 is 0.528 bits per heavy atom. The Labute approximate surface area is 215 Å². The molecule has 4 aromatic carbocycles. The molecule has 0 spiro atoms. The van der Waals surface area contributed by atoms with E-state index in [-0.39, 0.29) is 0 Å². The Kier molecular flexibility index (Phi) is 12.9. The number of nitrogen functional groups attached to an aromatic ring is 3. The van der Waals surface area contributed by atoms with Gasteiger partial charge >= 0.3 is 0 Å². The van der Waals surface area contributed by atoms with Gasteiger partial charge in [-0.05, 0) is 78.2 Å². The number of hydrogen-bond donors (Lipinski definition) is 3. The number of unbranched alkanes of at least 4 members (excludes halogenated alkanes) is 3. The zero-order chi connectivity index (χ0) is 26.0. The quantitative estimate of drug-likeness (QED) is 0.178. The first-order valence-electron chi connectivity index (χ1n) is 12.3. The van der Waals surface area contributed by atoms with Crippen molar-refractivity contribution in [3.63, 3.8) is 0 Å². The van der Waals surface area contributed by atoms with Gasteiger partial charge in [-0.2, -0.15) is 0 Å². The summed E-state index contributed by atoms with van der Waals surface area (Å²) in [6.07, 6.45) is 4.96. The second-order valence-corrected chi connectivity index (χ2v) is 8.24. The van der Waals surface area contributed by atoms with Crippen LogP contribution in [0.3, 0.4) is 0 Å². The third-order valence-electron chi connectivity index (χ3n) is 5.28. The van der Waals surface area contributed by atoms with Crippen molar-refractivity contribution in [1.82, 2.24) is 0 Å². The van der Waals surface area contributed by atoms with E-state index >= 15 is 0 Å². The van der Waals surface area contributed by atoms with Gasteiger partial charge in [-0.15, -0.1) is 0 Å². The maximum absolute atomic E-state index is 5.60. The second-order valence-electron chi connectivity index (χ2n) is 8.24. The molecule has 36 heavy (non-hydrogen) atoms. The summed E-state index contributed by atoms with van der Waals surface area (Å²) in [5.74, 6) is 1.75. The number of hydrogen-bond acceptors (Lipinski definition) is 5. The van der Waals surface area contributed by atoms with E-state index in [1.807, 2.05) is 78.9 Å². The molecule has 0 heterocycles. The predicted octanol–water partition coefficient (Wildman–Crippen LogP) is 7.44. The summed E-state index contributed by atoms with van der Waals surface area (Å²) < 4.78 is 10.5. The summed E-state index contributed by atoms with van der Waals surface area (Å²) >= 11 is 0. The molecule has 0 bridgehead atoms. The maximum Gasteiger partial charge on any atom is 0.119 e. The molecule has 5 nitrogen and oxygen atoms in total. The lowest BCUT2D eigenvalue weighted by molar-refractivity contribution is 0.305. The van der Waals surface area contributed by atoms with Crippen molar-refractivity contribution in [2.75, 3.05) is 30.9 Å². The summed E-state index contributed by atoms with van der Waals surface area (Å²) in [5.41, 5.74) is 21.4. The van der Waals surface area contributed by atoms with E-state index in [2.05, 4.69) is 19.1 Å². The minimum Gasteiger partial charge on any atom is -0.497 e. The monoisotopic (exact) mass is 485 g/mol. The number of methoxy groups -OCH3 is 1. The van der Waals surface area contributed by atoms with Crippen LogP contribution in [0.25, 0.3) is 11.1 Å². The average Bonchev–Trinajstić information content (AvgIpc) is 2.92. The lowest BCUT2D eigenvalue weighted by atomic mass is 10.1. The molecule has 0 aliphatic heterocycles. The Bertz CT molecular complexity index is 1080. The average molecular weight is 486 g/mol. The van der Waals surface area contributed by atoms with Crippen molar-refractivity contribution in [3.05, 3.63) is 103 Å². The van der Waals surface area contributed by atoms with Crippen LogP contribution in [0.5, 0.6) is 11.5 Å². The molecule has 4 rings (SSSR count). The largest absolute Gasteiger partial charge is 0.497 e. The highest BCUT2D eigenvalue weighted by atomic mass is 16.5. The Morgan fingerprint density at radius 3 is 1.50 bits per heavy atom. The minimum atomic E-state index is 0.760. The van der Waals surface area contributed by atoms with Crippen molar-refractivity contribution >= 4 is 17.1 Å². The molecule has 0 aliphatic carbocycles. The van der Waals surface area contributed by atoms with Crippen LogP contribution in [-0.4, -0.2) is 13.7 Å². The zero-order valence-corrected chi connectivity index (χ0v) is 21.4. The fourth-order valence-electron chi connectivity index (χ4n) is 3.19. The SMILES string of the molecule is CCCCCCOc1ccc(N)cc1.COc1ccc(N)cc1.Nc1ccc(-c2ccccc2)cc1. The van der Waals surface area contributed by atoms with Gasteiger partial charge in [0.2, 0.25) is 0 Å². The van der Waals surface area contributed by atoms with Crippen molar-refractivity contribution in [1.29, 1.82) is 0 Å². The number of ether oxygens (including phenoxy) is 2. The van der Waals surface area contributed by atoms with Gasteiger partial charge in [-0.3, -0.25) is 0 Å². The van der Waals surface area contributed by atoms with Gasteiger partial charge in [0.25, 0.3) is 0 Å². The van der Waals surface area contributed by atoms with Crippen LogP contribution < -0.4 is 26.7 Å². The first kappa shape index (κ1) is 28.1. The summed E-state index contributed by atoms with van der Waals surface area (Å²) in [7, 11) is 1.63. The zero-order valence-electron chi connectivity index (χ0n) is 21.4. The molecule has 6 N–H and O–H groups in total. The van der Waals surface area contributed by atoms with Gasteiger partial charge in [-0.25, -0.2) is 0 Å². The second kappa shape index (κ2) is 16.5. The molecule has 0 saturated heterocycles. The molecule has 0 aliphatic rings. The normalized spacial score (nSPS) is 9.72. The fourth-order valence-corrected chi connectivity index (χ4v) is 3.19. The van der Waals surface area contributed by atoms with Gasteiger partial charge < -0.3 is 26.7 Å². The molecule has 0 radical (unpaired) electrons. The van der Waals surface area contributed by atoms with Gasteiger partial charge in [0.15, 0.2) is 0 Å². The number of benzene rings is 4. The fraction of sp³-hybridized carbons (Fsp3) is 0.226. The molecule has 0 unspecified atom stereocenters. The van der Waals surface area contributed by atoms with E-state index in [0.717, 1.165) is 41.6 Å². The van der Waals surface area contributed by atoms with E-state index in [0.29, 0.717) is 0 Å². The third kappa shape index (κ3) is 11.3. The van der Waals surface area contributed by atoms with Gasteiger partial charge in [0.05, 0.1) is 13.7 Å².